The number of hydrogen-bond donors (Lipinski definition) is 1. The van der Waals surface area contributed by atoms with Crippen molar-refractivity contribution in [1.29, 1.82) is 0 Å². The van der Waals surface area contributed by atoms with E-state index in [1.54, 1.807) is 0 Å². The van der Waals surface area contributed by atoms with Crippen LogP contribution in [0.15, 0.2) is 0 Å². The molecule has 1 rings (SSSR count). The van der Waals surface area contributed by atoms with Crippen LogP contribution in [0.5, 0.6) is 0 Å². The molecule has 1 aliphatic heterocycles. The van der Waals surface area contributed by atoms with E-state index in [2.05, 4.69) is 11.0 Å². The fourth-order valence-electron chi connectivity index (χ4n) is 0.379. The van der Waals surface area contributed by atoms with Gasteiger partial charge in [-0.05, 0) is 0 Å². The van der Waals surface area contributed by atoms with Crippen LogP contribution in [0.25, 0.3) is 0 Å². The summed E-state index contributed by atoms with van der Waals surface area (Å²) in [4.78, 5) is 0. The molecular weight excluding hydrogens is 95.0 g/mol. The van der Waals surface area contributed by atoms with Gasteiger partial charge in [0.15, 0.2) is 0 Å². The summed E-state index contributed by atoms with van der Waals surface area (Å²) in [5.41, 5.74) is 5.24. The predicted octanol–water partition coefficient (Wildman–Crippen LogP) is -0.263. The van der Waals surface area contributed by atoms with Crippen molar-refractivity contribution in [2.75, 3.05) is 13.0 Å². The molecule has 36 valence electrons. The highest BCUT2D eigenvalue weighted by Crippen LogP contribution is 2.42. The summed E-state index contributed by atoms with van der Waals surface area (Å²) in [6.45, 7) is 0.720. The molecule has 0 radical (unpaired) electrons. The van der Waals surface area contributed by atoms with Crippen LogP contribution in [0.4, 0.5) is 0 Å². The van der Waals surface area contributed by atoms with Gasteiger partial charge in [0, 0.05) is 13.0 Å². The van der Waals surface area contributed by atoms with Gasteiger partial charge in [-0.25, -0.2) is 0 Å². The molecule has 1 aliphatic rings. The molecule has 2 atom stereocenters. The quantitative estimate of drug-likeness (QED) is 0.366. The van der Waals surface area contributed by atoms with Crippen LogP contribution in [0.2, 0.25) is 0 Å². The lowest BCUT2D eigenvalue weighted by Gasteiger charge is -1.84. The first-order valence-corrected chi connectivity index (χ1v) is 3.83. The zero-order chi connectivity index (χ0) is 4.57. The molecule has 2 nitrogen and oxygen atoms in total. The van der Waals surface area contributed by atoms with Gasteiger partial charge in [-0.3, -0.25) is 4.67 Å². The highest BCUT2D eigenvalue weighted by Gasteiger charge is 2.18. The molecule has 0 amide bonds. The van der Waals surface area contributed by atoms with Crippen molar-refractivity contribution in [2.45, 2.75) is 0 Å². The molecule has 1 fully saturated rings. The summed E-state index contributed by atoms with van der Waals surface area (Å²) in [6.07, 6.45) is 5.05. The van der Waals surface area contributed by atoms with Crippen molar-refractivity contribution >= 4 is 14.0 Å². The van der Waals surface area contributed by atoms with Gasteiger partial charge in [0.2, 0.25) is 0 Å². The van der Waals surface area contributed by atoms with Gasteiger partial charge < -0.3 is 5.73 Å². The van der Waals surface area contributed by atoms with E-state index in [4.69, 9.17) is 5.73 Å². The summed E-state index contributed by atoms with van der Waals surface area (Å²) in [5.74, 6) is 0. The summed E-state index contributed by atoms with van der Waals surface area (Å²) in [7, 11) is -0.261. The zero-order valence-electron chi connectivity index (χ0n) is 3.65. The largest absolute Gasteiger partial charge is 0.318 e. The van der Waals surface area contributed by atoms with Crippen molar-refractivity contribution in [3.63, 3.8) is 0 Å². The second-order valence-electron chi connectivity index (χ2n) is 1.45. The molecule has 1 saturated heterocycles. The Kier molecular flexibility index (Phi) is 1.00. The lowest BCUT2D eigenvalue weighted by Crippen LogP contribution is -2.06. The molecule has 0 aliphatic carbocycles. The normalized spacial score (nSPS) is 42.8. The van der Waals surface area contributed by atoms with E-state index in [1.807, 2.05) is 0 Å². The number of rotatable bonds is 1. The summed E-state index contributed by atoms with van der Waals surface area (Å²) < 4.78 is 2.19. The van der Waals surface area contributed by atoms with Gasteiger partial charge in [0.25, 0.3) is 0 Å². The molecule has 0 aromatic rings. The zero-order valence-corrected chi connectivity index (χ0v) is 4.65. The SMILES string of the molecule is C=[PH]1CN1CN. The van der Waals surface area contributed by atoms with E-state index in [-0.39, 0.29) is 7.70 Å². The van der Waals surface area contributed by atoms with Crippen molar-refractivity contribution in [2.24, 2.45) is 5.73 Å². The van der Waals surface area contributed by atoms with Gasteiger partial charge in [0.1, 0.15) is 0 Å². The third kappa shape index (κ3) is 0.648. The van der Waals surface area contributed by atoms with Crippen LogP contribution in [-0.4, -0.2) is 23.9 Å². The van der Waals surface area contributed by atoms with Crippen molar-refractivity contribution in [1.82, 2.24) is 4.67 Å². The number of nitrogens with zero attached hydrogens (tertiary/aromatic N) is 1. The number of hydrogen-bond acceptors (Lipinski definition) is 2. The molecule has 1 heterocycles. The van der Waals surface area contributed by atoms with Crippen LogP contribution in [-0.2, 0) is 0 Å². The van der Waals surface area contributed by atoms with E-state index in [0.29, 0.717) is 0 Å². The minimum absolute atomic E-state index is 0.261. The third-order valence-corrected chi connectivity index (χ3v) is 2.55. The molecule has 3 heteroatoms. The predicted molar refractivity (Wildman–Crippen MR) is 31.2 cm³/mol. The van der Waals surface area contributed by atoms with Crippen molar-refractivity contribution < 1.29 is 0 Å². The molecule has 6 heavy (non-hydrogen) atoms. The van der Waals surface area contributed by atoms with Crippen molar-refractivity contribution in [3.8, 4) is 0 Å². The van der Waals surface area contributed by atoms with Crippen LogP contribution < -0.4 is 5.73 Å². The molecule has 0 aromatic heterocycles. The first-order chi connectivity index (χ1) is 2.84. The molecular formula is C3H9N2P. The lowest BCUT2D eigenvalue weighted by molar-refractivity contribution is 0.645. The highest BCUT2D eigenvalue weighted by molar-refractivity contribution is 7.59. The topological polar surface area (TPSA) is 29.0 Å². The van der Waals surface area contributed by atoms with Gasteiger partial charge in [0.05, 0.1) is 0 Å². The molecule has 2 unspecified atom stereocenters. The maximum absolute atomic E-state index is 5.24. The average molecular weight is 104 g/mol. The highest BCUT2D eigenvalue weighted by atomic mass is 31.1. The van der Waals surface area contributed by atoms with Gasteiger partial charge in [-0.2, -0.15) is 0 Å². The Bertz CT molecular complexity index is 80.9. The Morgan fingerprint density at radius 2 is 2.50 bits per heavy atom. The van der Waals surface area contributed by atoms with E-state index < -0.39 is 0 Å². The van der Waals surface area contributed by atoms with E-state index in [0.717, 1.165) is 6.67 Å². The summed E-state index contributed by atoms with van der Waals surface area (Å²) in [6, 6.07) is 0. The standard InChI is InChI=1S/C3H9N2P/c1-6-3-5(6)2-4/h6H,1-4H2. The smallest absolute Gasteiger partial charge is 0.0493 e. The first-order valence-electron chi connectivity index (χ1n) is 1.97. The van der Waals surface area contributed by atoms with Crippen LogP contribution in [0.3, 0.4) is 0 Å². The Labute approximate surface area is 38.4 Å². The Balaban J connectivity index is 2.26. The summed E-state index contributed by atoms with van der Waals surface area (Å²) in [5, 5.41) is 0. The minimum Gasteiger partial charge on any atom is -0.318 e. The van der Waals surface area contributed by atoms with E-state index in [1.165, 1.54) is 6.29 Å². The monoisotopic (exact) mass is 104 g/mol. The second kappa shape index (κ2) is 1.38. The number of nitrogens with two attached hydrogens (primary N) is 1. The fourth-order valence-corrected chi connectivity index (χ4v) is 1.47. The Hall–Kier alpha value is 0.220. The molecule has 0 bridgehead atoms. The average Bonchev–Trinajstić information content (AvgIpc) is 2.19. The fraction of sp³-hybridized carbons (Fsp3) is 0.667. The minimum atomic E-state index is -0.261. The first kappa shape index (κ1) is 4.38. The third-order valence-electron chi connectivity index (χ3n) is 0.938. The Morgan fingerprint density at radius 1 is 2.00 bits per heavy atom. The van der Waals surface area contributed by atoms with Crippen molar-refractivity contribution in [3.05, 3.63) is 0 Å². The van der Waals surface area contributed by atoms with E-state index >= 15 is 0 Å². The molecule has 2 N–H and O–H groups in total. The molecule has 0 spiro atoms. The molecule has 0 aromatic carbocycles. The Morgan fingerprint density at radius 3 is 2.50 bits per heavy atom. The maximum atomic E-state index is 5.24. The van der Waals surface area contributed by atoms with Gasteiger partial charge in [-0.15, -0.1) is 0 Å². The molecule has 0 saturated carbocycles. The lowest BCUT2D eigenvalue weighted by atomic mass is 11.1. The van der Waals surface area contributed by atoms with Crippen LogP contribution >= 0.6 is 7.70 Å². The second-order valence-corrected chi connectivity index (χ2v) is 3.53. The van der Waals surface area contributed by atoms with Crippen LogP contribution in [0.1, 0.15) is 0 Å². The van der Waals surface area contributed by atoms with E-state index in [9.17, 15) is 0 Å². The summed E-state index contributed by atoms with van der Waals surface area (Å²) >= 11 is 0. The maximum Gasteiger partial charge on any atom is 0.0493 e. The van der Waals surface area contributed by atoms with Crippen LogP contribution in [0, 0.1) is 0 Å². The van der Waals surface area contributed by atoms with Gasteiger partial charge >= 0.3 is 0 Å². The van der Waals surface area contributed by atoms with Gasteiger partial charge in [-0.1, -0.05) is 14.0 Å².